The van der Waals surface area contributed by atoms with Crippen molar-refractivity contribution in [2.24, 2.45) is 11.8 Å². The van der Waals surface area contributed by atoms with Crippen LogP contribution in [0.5, 0.6) is 0 Å². The first-order valence-corrected chi connectivity index (χ1v) is 9.44. The lowest BCUT2D eigenvalue weighted by Gasteiger charge is -2.41. The number of fused-ring (bicyclic) bond motifs is 2. The molecule has 2 aliphatic rings. The zero-order valence-electron chi connectivity index (χ0n) is 15.0. The SMILES string of the molecule is O=C(Cn1cnc2ccc([N+](=O)[O-])cc2c1=O)N1CC[C@H]2CCCC[C@@H]2C1. The van der Waals surface area contributed by atoms with Gasteiger partial charge in [0.05, 0.1) is 22.2 Å². The van der Waals surface area contributed by atoms with Crippen LogP contribution in [0.3, 0.4) is 0 Å². The van der Waals surface area contributed by atoms with Crippen LogP contribution in [0, 0.1) is 22.0 Å². The number of hydrogen-bond donors (Lipinski definition) is 0. The number of aromatic nitrogens is 2. The highest BCUT2D eigenvalue weighted by Crippen LogP contribution is 2.36. The summed E-state index contributed by atoms with van der Waals surface area (Å²) in [6, 6.07) is 3.99. The van der Waals surface area contributed by atoms with Crippen LogP contribution >= 0.6 is 0 Å². The Bertz CT molecular complexity index is 954. The van der Waals surface area contributed by atoms with Crippen molar-refractivity contribution in [1.29, 1.82) is 0 Å². The number of nitro groups is 1. The molecule has 1 aliphatic heterocycles. The first-order chi connectivity index (χ1) is 13.0. The molecule has 1 aromatic carbocycles. The Morgan fingerprint density at radius 3 is 2.78 bits per heavy atom. The van der Waals surface area contributed by atoms with E-state index in [9.17, 15) is 19.7 Å². The molecule has 1 amide bonds. The van der Waals surface area contributed by atoms with Gasteiger partial charge in [-0.1, -0.05) is 19.3 Å². The second-order valence-corrected chi connectivity index (χ2v) is 7.57. The van der Waals surface area contributed by atoms with Crippen LogP contribution in [-0.4, -0.2) is 38.4 Å². The largest absolute Gasteiger partial charge is 0.341 e. The zero-order chi connectivity index (χ0) is 19.0. The Morgan fingerprint density at radius 1 is 1.22 bits per heavy atom. The van der Waals surface area contributed by atoms with E-state index in [4.69, 9.17) is 0 Å². The minimum absolute atomic E-state index is 0.0815. The topological polar surface area (TPSA) is 98.3 Å². The van der Waals surface area contributed by atoms with E-state index in [1.807, 2.05) is 4.90 Å². The molecular weight excluding hydrogens is 348 g/mol. The summed E-state index contributed by atoms with van der Waals surface area (Å²) in [5.74, 6) is 1.21. The fraction of sp³-hybridized carbons (Fsp3) is 0.526. The fourth-order valence-electron chi connectivity index (χ4n) is 4.45. The van der Waals surface area contributed by atoms with Crippen molar-refractivity contribution < 1.29 is 9.72 Å². The molecule has 142 valence electrons. The standard InChI is InChI=1S/C19H22N4O4/c24-18(21-8-7-13-3-1-2-4-14(13)10-21)11-22-12-20-17-6-5-15(23(26)27)9-16(17)19(22)25/h5-6,9,12-14H,1-4,7-8,10-11H2/t13-,14-/m1/s1. The summed E-state index contributed by atoms with van der Waals surface area (Å²) in [5.41, 5.74) is -0.202. The number of carbonyl (C=O) groups is 1. The van der Waals surface area contributed by atoms with E-state index in [1.165, 1.54) is 54.8 Å². The van der Waals surface area contributed by atoms with Gasteiger partial charge in [0.15, 0.2) is 0 Å². The monoisotopic (exact) mass is 370 g/mol. The van der Waals surface area contributed by atoms with Crippen LogP contribution in [0.15, 0.2) is 29.3 Å². The first-order valence-electron chi connectivity index (χ1n) is 9.44. The lowest BCUT2D eigenvalue weighted by molar-refractivity contribution is -0.384. The van der Waals surface area contributed by atoms with Crippen LogP contribution in [0.4, 0.5) is 5.69 Å². The predicted molar refractivity (Wildman–Crippen MR) is 99.3 cm³/mol. The number of likely N-dealkylation sites (tertiary alicyclic amines) is 1. The maximum atomic E-state index is 12.7. The molecule has 8 heteroatoms. The maximum Gasteiger partial charge on any atom is 0.270 e. The van der Waals surface area contributed by atoms with Crippen molar-refractivity contribution in [1.82, 2.24) is 14.5 Å². The lowest BCUT2D eigenvalue weighted by atomic mass is 9.75. The molecule has 8 nitrogen and oxygen atoms in total. The van der Waals surface area contributed by atoms with Gasteiger partial charge in [-0.2, -0.15) is 0 Å². The maximum absolute atomic E-state index is 12.7. The third-order valence-corrected chi connectivity index (χ3v) is 5.97. The summed E-state index contributed by atoms with van der Waals surface area (Å²) in [7, 11) is 0. The van der Waals surface area contributed by atoms with Crippen LogP contribution in [0.2, 0.25) is 0 Å². The summed E-state index contributed by atoms with van der Waals surface area (Å²) < 4.78 is 1.25. The average Bonchev–Trinajstić information content (AvgIpc) is 2.69. The Kier molecular flexibility index (Phi) is 4.63. The molecule has 2 heterocycles. The molecule has 0 radical (unpaired) electrons. The number of benzene rings is 1. The van der Waals surface area contributed by atoms with Gasteiger partial charge in [-0.05, 0) is 30.7 Å². The van der Waals surface area contributed by atoms with E-state index in [0.717, 1.165) is 25.4 Å². The third kappa shape index (κ3) is 3.43. The van der Waals surface area contributed by atoms with Crippen molar-refractivity contribution in [2.75, 3.05) is 13.1 Å². The third-order valence-electron chi connectivity index (χ3n) is 5.97. The second kappa shape index (κ2) is 7.09. The molecule has 0 bridgehead atoms. The molecule has 1 saturated carbocycles. The van der Waals surface area contributed by atoms with Gasteiger partial charge in [0.25, 0.3) is 11.2 Å². The quantitative estimate of drug-likeness (QED) is 0.610. The van der Waals surface area contributed by atoms with Gasteiger partial charge in [-0.15, -0.1) is 0 Å². The molecule has 2 aromatic rings. The van der Waals surface area contributed by atoms with E-state index in [-0.39, 0.29) is 23.5 Å². The molecule has 2 fully saturated rings. The minimum Gasteiger partial charge on any atom is -0.341 e. The minimum atomic E-state index is -0.546. The number of non-ortho nitro benzene ring substituents is 1. The number of nitrogens with zero attached hydrogens (tertiary/aromatic N) is 4. The van der Waals surface area contributed by atoms with Gasteiger partial charge in [0.2, 0.25) is 5.91 Å². The highest BCUT2D eigenvalue weighted by atomic mass is 16.6. The summed E-state index contributed by atoms with van der Waals surface area (Å²) in [6.45, 7) is 1.42. The molecule has 0 unspecified atom stereocenters. The molecule has 0 N–H and O–H groups in total. The van der Waals surface area contributed by atoms with Crippen LogP contribution in [0.25, 0.3) is 10.9 Å². The highest BCUT2D eigenvalue weighted by molar-refractivity contribution is 5.81. The van der Waals surface area contributed by atoms with Crippen molar-refractivity contribution >= 4 is 22.5 Å². The van der Waals surface area contributed by atoms with E-state index in [0.29, 0.717) is 11.4 Å². The van der Waals surface area contributed by atoms with Gasteiger partial charge in [-0.25, -0.2) is 4.98 Å². The predicted octanol–water partition coefficient (Wildman–Crippen LogP) is 2.34. The normalized spacial score (nSPS) is 22.4. The zero-order valence-corrected chi connectivity index (χ0v) is 15.0. The Hall–Kier alpha value is -2.77. The van der Waals surface area contributed by atoms with Gasteiger partial charge >= 0.3 is 0 Å². The van der Waals surface area contributed by atoms with Crippen molar-refractivity contribution in [3.8, 4) is 0 Å². The van der Waals surface area contributed by atoms with E-state index in [1.54, 1.807) is 0 Å². The number of piperidine rings is 1. The molecular formula is C19H22N4O4. The average molecular weight is 370 g/mol. The molecule has 0 spiro atoms. The molecule has 1 saturated heterocycles. The van der Waals surface area contributed by atoms with Crippen LogP contribution in [0.1, 0.15) is 32.1 Å². The number of carbonyl (C=O) groups excluding carboxylic acids is 1. The Morgan fingerprint density at radius 2 is 2.00 bits per heavy atom. The van der Waals surface area contributed by atoms with E-state index in [2.05, 4.69) is 4.98 Å². The lowest BCUT2D eigenvalue weighted by Crippen LogP contribution is -2.46. The molecule has 1 aromatic heterocycles. The number of nitro benzene ring substituents is 1. The number of rotatable bonds is 3. The van der Waals surface area contributed by atoms with Crippen LogP contribution in [-0.2, 0) is 11.3 Å². The molecule has 1 aliphatic carbocycles. The Balaban J connectivity index is 1.54. The Labute approximate surface area is 156 Å². The summed E-state index contributed by atoms with van der Waals surface area (Å²) in [4.78, 5) is 41.9. The highest BCUT2D eigenvalue weighted by Gasteiger charge is 2.32. The van der Waals surface area contributed by atoms with Gasteiger partial charge in [0.1, 0.15) is 6.54 Å². The van der Waals surface area contributed by atoms with Gasteiger partial charge < -0.3 is 4.90 Å². The summed E-state index contributed by atoms with van der Waals surface area (Å²) in [6.07, 6.45) is 7.35. The molecule has 2 atom stereocenters. The van der Waals surface area contributed by atoms with Crippen molar-refractivity contribution in [2.45, 2.75) is 38.6 Å². The van der Waals surface area contributed by atoms with E-state index >= 15 is 0 Å². The van der Waals surface area contributed by atoms with Gasteiger partial charge in [-0.3, -0.25) is 24.3 Å². The summed E-state index contributed by atoms with van der Waals surface area (Å²) in [5, 5.41) is 11.1. The van der Waals surface area contributed by atoms with Crippen molar-refractivity contribution in [3.63, 3.8) is 0 Å². The number of hydrogen-bond acceptors (Lipinski definition) is 5. The van der Waals surface area contributed by atoms with Crippen molar-refractivity contribution in [3.05, 3.63) is 45.0 Å². The van der Waals surface area contributed by atoms with Crippen LogP contribution < -0.4 is 5.56 Å². The van der Waals surface area contributed by atoms with Gasteiger partial charge in [0, 0.05) is 25.2 Å². The van der Waals surface area contributed by atoms with E-state index < -0.39 is 10.5 Å². The smallest absolute Gasteiger partial charge is 0.270 e. The fourth-order valence-corrected chi connectivity index (χ4v) is 4.45. The molecule has 4 rings (SSSR count). The first kappa shape index (κ1) is 17.6. The molecule has 27 heavy (non-hydrogen) atoms. The summed E-state index contributed by atoms with van der Waals surface area (Å²) >= 11 is 0. The number of amides is 1. The second-order valence-electron chi connectivity index (χ2n) is 7.57.